The monoisotopic (exact) mass is 430 g/mol. The Bertz CT molecular complexity index is 699. The summed E-state index contributed by atoms with van der Waals surface area (Å²) in [6.45, 7) is 2.15. The van der Waals surface area contributed by atoms with Gasteiger partial charge in [0.2, 0.25) is 0 Å². The van der Waals surface area contributed by atoms with Crippen LogP contribution in [0.3, 0.4) is 0 Å². The minimum Gasteiger partial charge on any atom is -0.481 e. The topological polar surface area (TPSA) is 98.0 Å². The van der Waals surface area contributed by atoms with E-state index in [0.717, 1.165) is 12.8 Å². The summed E-state index contributed by atoms with van der Waals surface area (Å²) in [5.74, 6) is -0.807. The molecular formula is C26H38O5. The van der Waals surface area contributed by atoms with Gasteiger partial charge in [-0.1, -0.05) is 68.0 Å². The molecule has 0 bridgehead atoms. The number of carboxylic acid groups (broad SMARTS) is 1. The van der Waals surface area contributed by atoms with Crippen LogP contribution in [-0.2, 0) is 4.79 Å². The summed E-state index contributed by atoms with van der Waals surface area (Å²) in [4.78, 5) is 10.6. The summed E-state index contributed by atoms with van der Waals surface area (Å²) in [7, 11) is 0. The maximum atomic E-state index is 10.6. The minimum atomic E-state index is -0.792. The standard InChI is InChI=1S/C26H38O5/c1-2-10-20(19-11-6-5-7-12-19)17-21(27)15-16-23-22(24(28)18-25(23)29)13-8-3-4-9-14-26(30)31/h3,5-8,11-12,15-16,20-25,27-29H,2,4,9-10,13-14,17-18H2,1H3,(H,30,31)/b8-3-,16-15+/t20?,21-,22-,23?,24+,25-/m1/s1. The van der Waals surface area contributed by atoms with Crippen molar-refractivity contribution in [2.75, 3.05) is 0 Å². The third-order valence-electron chi connectivity index (χ3n) is 6.24. The molecule has 6 atom stereocenters. The molecule has 2 rings (SSSR count). The predicted octanol–water partition coefficient (Wildman–Crippen LogP) is 4.44. The van der Waals surface area contributed by atoms with Gasteiger partial charge < -0.3 is 20.4 Å². The number of aliphatic hydroxyl groups is 3. The van der Waals surface area contributed by atoms with E-state index in [4.69, 9.17) is 5.11 Å². The lowest BCUT2D eigenvalue weighted by Crippen LogP contribution is -2.20. The van der Waals surface area contributed by atoms with E-state index in [0.29, 0.717) is 32.1 Å². The molecule has 0 heterocycles. The van der Waals surface area contributed by atoms with Crippen molar-refractivity contribution < 1.29 is 25.2 Å². The zero-order chi connectivity index (χ0) is 22.6. The summed E-state index contributed by atoms with van der Waals surface area (Å²) in [5.41, 5.74) is 1.24. The van der Waals surface area contributed by atoms with Gasteiger partial charge in [0.25, 0.3) is 0 Å². The molecule has 0 saturated heterocycles. The van der Waals surface area contributed by atoms with Crippen LogP contribution in [-0.4, -0.2) is 44.7 Å². The molecule has 31 heavy (non-hydrogen) atoms. The Balaban J connectivity index is 1.92. The molecule has 1 aliphatic carbocycles. The number of rotatable bonds is 13. The number of carbonyl (C=O) groups is 1. The Hall–Kier alpha value is -1.95. The van der Waals surface area contributed by atoms with Gasteiger partial charge in [-0.15, -0.1) is 0 Å². The first kappa shape index (κ1) is 25.3. The highest BCUT2D eigenvalue weighted by Gasteiger charge is 2.39. The van der Waals surface area contributed by atoms with Crippen molar-refractivity contribution in [3.05, 3.63) is 60.2 Å². The van der Waals surface area contributed by atoms with Crippen LogP contribution in [0.1, 0.15) is 69.8 Å². The van der Waals surface area contributed by atoms with Gasteiger partial charge >= 0.3 is 5.97 Å². The summed E-state index contributed by atoms with van der Waals surface area (Å²) in [5, 5.41) is 40.1. The SMILES string of the molecule is CCCC(C[C@H](O)/C=C/C1[C@H](O)C[C@H](O)[C@@H]1C/C=C\CCCC(=O)O)c1ccccc1. The summed E-state index contributed by atoms with van der Waals surface area (Å²) < 4.78 is 0. The Morgan fingerprint density at radius 1 is 1.16 bits per heavy atom. The molecule has 5 heteroatoms. The fourth-order valence-corrected chi connectivity index (χ4v) is 4.57. The van der Waals surface area contributed by atoms with Crippen molar-refractivity contribution in [1.82, 2.24) is 0 Å². The number of aliphatic hydroxyl groups excluding tert-OH is 3. The molecule has 172 valence electrons. The lowest BCUT2D eigenvalue weighted by Gasteiger charge is -2.21. The molecular weight excluding hydrogens is 392 g/mol. The molecule has 1 fully saturated rings. The molecule has 4 N–H and O–H groups in total. The highest BCUT2D eigenvalue weighted by Crippen LogP contribution is 2.36. The van der Waals surface area contributed by atoms with Crippen LogP contribution in [0.25, 0.3) is 0 Å². The molecule has 1 aromatic carbocycles. The third-order valence-corrected chi connectivity index (χ3v) is 6.24. The molecule has 1 saturated carbocycles. The second kappa shape index (κ2) is 13.5. The highest BCUT2D eigenvalue weighted by atomic mass is 16.4. The van der Waals surface area contributed by atoms with E-state index in [9.17, 15) is 20.1 Å². The molecule has 2 unspecified atom stereocenters. The molecule has 0 spiro atoms. The average Bonchev–Trinajstić information content (AvgIpc) is 3.01. The van der Waals surface area contributed by atoms with Gasteiger partial charge in [0.1, 0.15) is 0 Å². The van der Waals surface area contributed by atoms with Crippen LogP contribution in [0.4, 0.5) is 0 Å². The average molecular weight is 431 g/mol. The van der Waals surface area contributed by atoms with E-state index >= 15 is 0 Å². The largest absolute Gasteiger partial charge is 0.481 e. The van der Waals surface area contributed by atoms with Crippen molar-refractivity contribution in [3.8, 4) is 0 Å². The predicted molar refractivity (Wildman–Crippen MR) is 123 cm³/mol. The van der Waals surface area contributed by atoms with Gasteiger partial charge in [0, 0.05) is 18.8 Å². The lowest BCUT2D eigenvalue weighted by atomic mass is 9.87. The van der Waals surface area contributed by atoms with Crippen LogP contribution in [0, 0.1) is 11.8 Å². The maximum Gasteiger partial charge on any atom is 0.303 e. The summed E-state index contributed by atoms with van der Waals surface area (Å²) >= 11 is 0. The van der Waals surface area contributed by atoms with Crippen LogP contribution in [0.15, 0.2) is 54.6 Å². The van der Waals surface area contributed by atoms with Crippen molar-refractivity contribution >= 4 is 5.97 Å². The molecule has 0 aliphatic heterocycles. The number of hydrogen-bond acceptors (Lipinski definition) is 4. The number of carboxylic acids is 1. The maximum absolute atomic E-state index is 10.6. The van der Waals surface area contributed by atoms with Gasteiger partial charge in [0.05, 0.1) is 18.3 Å². The molecule has 1 aromatic rings. The normalized spacial score (nSPS) is 25.9. The number of aliphatic carboxylic acids is 1. The third kappa shape index (κ3) is 8.60. The second-order valence-corrected chi connectivity index (χ2v) is 8.69. The van der Waals surface area contributed by atoms with Crippen LogP contribution < -0.4 is 0 Å². The number of hydrogen-bond donors (Lipinski definition) is 4. The van der Waals surface area contributed by atoms with E-state index in [2.05, 4.69) is 19.1 Å². The van der Waals surface area contributed by atoms with Crippen molar-refractivity contribution in [1.29, 1.82) is 0 Å². The van der Waals surface area contributed by atoms with Crippen LogP contribution in [0.5, 0.6) is 0 Å². The van der Waals surface area contributed by atoms with Crippen molar-refractivity contribution in [2.45, 2.75) is 82.5 Å². The molecule has 5 nitrogen and oxygen atoms in total. The molecule has 0 amide bonds. The van der Waals surface area contributed by atoms with Gasteiger partial charge in [-0.3, -0.25) is 4.79 Å². The van der Waals surface area contributed by atoms with Crippen molar-refractivity contribution in [3.63, 3.8) is 0 Å². The molecule has 1 aliphatic rings. The Labute approximate surface area is 186 Å². The second-order valence-electron chi connectivity index (χ2n) is 8.69. The fraction of sp³-hybridized carbons (Fsp3) is 0.577. The number of unbranched alkanes of at least 4 members (excludes halogenated alkanes) is 1. The van der Waals surface area contributed by atoms with Crippen LogP contribution >= 0.6 is 0 Å². The van der Waals surface area contributed by atoms with E-state index in [1.54, 1.807) is 6.08 Å². The first-order valence-corrected chi connectivity index (χ1v) is 11.6. The van der Waals surface area contributed by atoms with E-state index in [1.807, 2.05) is 36.4 Å². The van der Waals surface area contributed by atoms with Gasteiger partial charge in [-0.2, -0.15) is 0 Å². The smallest absolute Gasteiger partial charge is 0.303 e. The Morgan fingerprint density at radius 3 is 2.58 bits per heavy atom. The molecule has 0 aromatic heterocycles. The zero-order valence-electron chi connectivity index (χ0n) is 18.5. The highest BCUT2D eigenvalue weighted by molar-refractivity contribution is 5.66. The first-order chi connectivity index (χ1) is 14.9. The summed E-state index contributed by atoms with van der Waals surface area (Å²) in [6, 6.07) is 10.3. The lowest BCUT2D eigenvalue weighted by molar-refractivity contribution is -0.137. The van der Waals surface area contributed by atoms with Gasteiger partial charge in [0.15, 0.2) is 0 Å². The van der Waals surface area contributed by atoms with Gasteiger partial charge in [-0.25, -0.2) is 0 Å². The number of benzene rings is 1. The van der Waals surface area contributed by atoms with Crippen molar-refractivity contribution in [2.24, 2.45) is 11.8 Å². The summed E-state index contributed by atoms with van der Waals surface area (Å²) in [6.07, 6.45) is 10.9. The molecule has 0 radical (unpaired) electrons. The Morgan fingerprint density at radius 2 is 1.90 bits per heavy atom. The quantitative estimate of drug-likeness (QED) is 0.274. The fourth-order valence-electron chi connectivity index (χ4n) is 4.57. The van der Waals surface area contributed by atoms with E-state index < -0.39 is 24.3 Å². The van der Waals surface area contributed by atoms with Gasteiger partial charge in [-0.05, 0) is 49.5 Å². The first-order valence-electron chi connectivity index (χ1n) is 11.6. The van der Waals surface area contributed by atoms with E-state index in [1.165, 1.54) is 5.56 Å². The van der Waals surface area contributed by atoms with E-state index in [-0.39, 0.29) is 24.2 Å². The zero-order valence-corrected chi connectivity index (χ0v) is 18.5. The van der Waals surface area contributed by atoms with Crippen LogP contribution in [0.2, 0.25) is 0 Å². The number of allylic oxidation sites excluding steroid dienone is 2. The minimum absolute atomic E-state index is 0.102. The Kier molecular flexibility index (Phi) is 11.0.